The van der Waals surface area contributed by atoms with E-state index in [9.17, 15) is 4.79 Å². The summed E-state index contributed by atoms with van der Waals surface area (Å²) in [5.74, 6) is -0.439. The van der Waals surface area contributed by atoms with Gasteiger partial charge in [0.15, 0.2) is 16.6 Å². The average molecular weight is 226 g/mol. The number of rotatable bonds is 1. The molecule has 8 heteroatoms. The summed E-state index contributed by atoms with van der Waals surface area (Å²) in [5.41, 5.74) is 10.3. The highest BCUT2D eigenvalue weighted by Crippen LogP contribution is 2.01. The first-order chi connectivity index (χ1) is 7.15. The fourth-order valence-electron chi connectivity index (χ4n) is 0.759. The molecule has 0 radical (unpaired) electrons. The van der Waals surface area contributed by atoms with Gasteiger partial charge in [0.05, 0.1) is 0 Å². The van der Waals surface area contributed by atoms with Crippen molar-refractivity contribution < 1.29 is 4.79 Å². The van der Waals surface area contributed by atoms with E-state index in [0.29, 0.717) is 0 Å². The maximum atomic E-state index is 11.4. The molecular weight excluding hydrogens is 216 g/mol. The van der Waals surface area contributed by atoms with E-state index in [1.165, 1.54) is 12.4 Å². The Labute approximate surface area is 91.4 Å². The third kappa shape index (κ3) is 3.02. The molecule has 1 amide bonds. The molecule has 7 nitrogen and oxygen atoms in total. The van der Waals surface area contributed by atoms with E-state index in [0.717, 1.165) is 0 Å². The lowest BCUT2D eigenvalue weighted by molar-refractivity contribution is 0.0939. The van der Waals surface area contributed by atoms with Gasteiger partial charge in [0.2, 0.25) is 0 Å². The third-order valence-electron chi connectivity index (χ3n) is 1.46. The molecule has 80 valence electrons. The molecular formula is C7H10N6OS. The van der Waals surface area contributed by atoms with E-state index in [2.05, 4.69) is 26.1 Å². The van der Waals surface area contributed by atoms with Gasteiger partial charge in [-0.05, 0) is 12.2 Å². The number of nitrogen functional groups attached to an aromatic ring is 1. The van der Waals surface area contributed by atoms with Crippen molar-refractivity contribution in [2.75, 3.05) is 12.8 Å². The minimum absolute atomic E-state index is 0.0453. The molecule has 0 aliphatic rings. The van der Waals surface area contributed by atoms with Gasteiger partial charge in [-0.15, -0.1) is 0 Å². The van der Waals surface area contributed by atoms with E-state index in [1.807, 2.05) is 0 Å². The maximum Gasteiger partial charge on any atom is 0.292 e. The van der Waals surface area contributed by atoms with Crippen molar-refractivity contribution in [2.24, 2.45) is 0 Å². The van der Waals surface area contributed by atoms with Crippen LogP contribution in [0.25, 0.3) is 0 Å². The van der Waals surface area contributed by atoms with Gasteiger partial charge in [0, 0.05) is 19.4 Å². The number of thiocarbonyl (C=S) groups is 1. The van der Waals surface area contributed by atoms with Gasteiger partial charge < -0.3 is 11.1 Å². The molecule has 0 atom stereocenters. The Kier molecular flexibility index (Phi) is 3.75. The number of nitrogens with two attached hydrogens (primary N) is 1. The van der Waals surface area contributed by atoms with Gasteiger partial charge in [0.1, 0.15) is 0 Å². The number of nitrogens with one attached hydrogen (secondary N) is 3. The Bertz CT molecular complexity index is 381. The Balaban J connectivity index is 2.62. The van der Waals surface area contributed by atoms with Crippen molar-refractivity contribution in [3.05, 3.63) is 18.1 Å². The summed E-state index contributed by atoms with van der Waals surface area (Å²) in [6, 6.07) is 0. The predicted octanol–water partition coefficient (Wildman–Crippen LogP) is -1.20. The molecule has 0 saturated carbocycles. The van der Waals surface area contributed by atoms with Crippen molar-refractivity contribution in [2.45, 2.75) is 0 Å². The number of amides is 1. The molecule has 0 spiro atoms. The first-order valence-corrected chi connectivity index (χ1v) is 4.40. The lowest BCUT2D eigenvalue weighted by Gasteiger charge is -2.08. The van der Waals surface area contributed by atoms with E-state index in [1.54, 1.807) is 7.05 Å². The first-order valence-electron chi connectivity index (χ1n) is 3.99. The highest BCUT2D eigenvalue weighted by Gasteiger charge is 2.11. The second-order valence-electron chi connectivity index (χ2n) is 2.45. The number of hydrogen-bond acceptors (Lipinski definition) is 5. The van der Waals surface area contributed by atoms with Crippen LogP contribution in [0.1, 0.15) is 10.5 Å². The van der Waals surface area contributed by atoms with Crippen LogP contribution >= 0.6 is 12.2 Å². The third-order valence-corrected chi connectivity index (χ3v) is 1.76. The van der Waals surface area contributed by atoms with Crippen molar-refractivity contribution >= 4 is 29.1 Å². The zero-order chi connectivity index (χ0) is 11.3. The summed E-state index contributed by atoms with van der Waals surface area (Å²) >= 11 is 4.75. The lowest BCUT2D eigenvalue weighted by atomic mass is 10.4. The van der Waals surface area contributed by atoms with Crippen LogP contribution in [-0.4, -0.2) is 28.0 Å². The molecule has 15 heavy (non-hydrogen) atoms. The Morgan fingerprint density at radius 2 is 2.07 bits per heavy atom. The van der Waals surface area contributed by atoms with Crippen molar-refractivity contribution in [1.29, 1.82) is 0 Å². The topological polar surface area (TPSA) is 105 Å². The number of carbonyl (C=O) groups is 1. The normalized spacial score (nSPS) is 9.13. The van der Waals surface area contributed by atoms with Gasteiger partial charge in [-0.2, -0.15) is 0 Å². The van der Waals surface area contributed by atoms with Gasteiger partial charge in [-0.3, -0.25) is 15.6 Å². The molecule has 0 aliphatic carbocycles. The molecule has 0 fully saturated rings. The smallest absolute Gasteiger partial charge is 0.292 e. The molecule has 1 aromatic heterocycles. The highest BCUT2D eigenvalue weighted by atomic mass is 32.1. The Morgan fingerprint density at radius 3 is 2.67 bits per heavy atom. The molecule has 0 unspecified atom stereocenters. The summed E-state index contributed by atoms with van der Waals surface area (Å²) in [5, 5.41) is 2.91. The van der Waals surface area contributed by atoms with Crippen molar-refractivity contribution in [1.82, 2.24) is 26.1 Å². The monoisotopic (exact) mass is 226 g/mol. The molecule has 5 N–H and O–H groups in total. The molecule has 0 aromatic carbocycles. The predicted molar refractivity (Wildman–Crippen MR) is 58.7 cm³/mol. The standard InChI is InChI=1S/C7H10N6OS/c1-9-7(15)13-12-6(14)4-5(8)11-3-2-10-4/h2-3H,1H3,(H2,8,11)(H,12,14)(H2,9,13,15). The summed E-state index contributed by atoms with van der Waals surface area (Å²) in [4.78, 5) is 18.9. The summed E-state index contributed by atoms with van der Waals surface area (Å²) in [7, 11) is 1.62. The Hall–Kier alpha value is -1.96. The fraction of sp³-hybridized carbons (Fsp3) is 0.143. The second kappa shape index (κ2) is 5.05. The van der Waals surface area contributed by atoms with Gasteiger partial charge >= 0.3 is 0 Å². The quantitative estimate of drug-likeness (QED) is 0.352. The second-order valence-corrected chi connectivity index (χ2v) is 2.86. The molecule has 0 saturated heterocycles. The van der Waals surface area contributed by atoms with Crippen LogP contribution in [0.2, 0.25) is 0 Å². The van der Waals surface area contributed by atoms with Crippen LogP contribution in [0.3, 0.4) is 0 Å². The van der Waals surface area contributed by atoms with E-state index < -0.39 is 5.91 Å². The number of hydrogen-bond donors (Lipinski definition) is 4. The van der Waals surface area contributed by atoms with Crippen LogP contribution in [0.15, 0.2) is 12.4 Å². The minimum Gasteiger partial charge on any atom is -0.382 e. The zero-order valence-corrected chi connectivity index (χ0v) is 8.76. The van der Waals surface area contributed by atoms with Crippen LogP contribution in [0.4, 0.5) is 5.82 Å². The molecule has 1 aromatic rings. The average Bonchev–Trinajstić information content (AvgIpc) is 2.26. The molecule has 1 heterocycles. The lowest BCUT2D eigenvalue weighted by Crippen LogP contribution is -2.46. The maximum absolute atomic E-state index is 11.4. The number of anilines is 1. The van der Waals surface area contributed by atoms with Crippen LogP contribution < -0.4 is 21.9 Å². The van der Waals surface area contributed by atoms with E-state index in [4.69, 9.17) is 18.0 Å². The molecule has 0 aliphatic heterocycles. The van der Waals surface area contributed by atoms with Gasteiger partial charge in [0.25, 0.3) is 5.91 Å². The van der Waals surface area contributed by atoms with Gasteiger partial charge in [-0.25, -0.2) is 9.97 Å². The minimum atomic E-state index is -0.502. The molecule has 1 rings (SSSR count). The molecule has 0 bridgehead atoms. The first kappa shape index (κ1) is 11.1. The SMILES string of the molecule is CNC(=S)NNC(=O)c1nccnc1N. The van der Waals surface area contributed by atoms with Crippen LogP contribution in [-0.2, 0) is 0 Å². The fourth-order valence-corrected chi connectivity index (χ4v) is 0.810. The summed E-state index contributed by atoms with van der Waals surface area (Å²) in [6.07, 6.45) is 2.78. The van der Waals surface area contributed by atoms with E-state index >= 15 is 0 Å². The van der Waals surface area contributed by atoms with E-state index in [-0.39, 0.29) is 16.6 Å². The number of nitrogens with zero attached hydrogens (tertiary/aromatic N) is 2. The Morgan fingerprint density at radius 1 is 1.40 bits per heavy atom. The highest BCUT2D eigenvalue weighted by molar-refractivity contribution is 7.80. The summed E-state index contributed by atoms with van der Waals surface area (Å²) < 4.78 is 0. The van der Waals surface area contributed by atoms with Crippen molar-refractivity contribution in [3.8, 4) is 0 Å². The zero-order valence-electron chi connectivity index (χ0n) is 7.94. The van der Waals surface area contributed by atoms with Crippen molar-refractivity contribution in [3.63, 3.8) is 0 Å². The number of aromatic nitrogens is 2. The van der Waals surface area contributed by atoms with Crippen LogP contribution in [0, 0.1) is 0 Å². The van der Waals surface area contributed by atoms with Crippen LogP contribution in [0.5, 0.6) is 0 Å². The summed E-state index contributed by atoms with van der Waals surface area (Å²) in [6.45, 7) is 0. The largest absolute Gasteiger partial charge is 0.382 e. The number of carbonyl (C=O) groups excluding carboxylic acids is 1. The number of hydrazine groups is 1. The van der Waals surface area contributed by atoms with Gasteiger partial charge in [-0.1, -0.05) is 0 Å².